The van der Waals surface area contributed by atoms with E-state index in [9.17, 15) is 4.79 Å². The SMILES string of the molecule is CCCn1ccnc1SCC(=O)NCC1(c2ccccc2)CCOCC1. The summed E-state index contributed by atoms with van der Waals surface area (Å²) in [5.74, 6) is 0.449. The zero-order chi connectivity index (χ0) is 18.2. The van der Waals surface area contributed by atoms with E-state index in [2.05, 4.69) is 46.1 Å². The Morgan fingerprint density at radius 1 is 1.31 bits per heavy atom. The van der Waals surface area contributed by atoms with Gasteiger partial charge in [0.05, 0.1) is 5.75 Å². The molecule has 1 fully saturated rings. The van der Waals surface area contributed by atoms with Gasteiger partial charge in [0.1, 0.15) is 0 Å². The maximum Gasteiger partial charge on any atom is 0.230 e. The molecule has 0 atom stereocenters. The number of hydrogen-bond donors (Lipinski definition) is 1. The molecule has 2 aromatic rings. The fraction of sp³-hybridized carbons (Fsp3) is 0.500. The quantitative estimate of drug-likeness (QED) is 0.722. The van der Waals surface area contributed by atoms with Crippen LogP contribution >= 0.6 is 11.8 Å². The molecule has 0 unspecified atom stereocenters. The van der Waals surface area contributed by atoms with Crippen LogP contribution in [0.2, 0.25) is 0 Å². The third-order valence-corrected chi connectivity index (χ3v) is 5.94. The Morgan fingerprint density at radius 2 is 2.08 bits per heavy atom. The van der Waals surface area contributed by atoms with Gasteiger partial charge < -0.3 is 14.6 Å². The Morgan fingerprint density at radius 3 is 2.81 bits per heavy atom. The molecule has 6 heteroatoms. The highest BCUT2D eigenvalue weighted by atomic mass is 32.2. The van der Waals surface area contributed by atoms with Crippen LogP contribution in [0.15, 0.2) is 47.9 Å². The van der Waals surface area contributed by atoms with Gasteiger partial charge in [0.25, 0.3) is 0 Å². The molecule has 1 aliphatic heterocycles. The van der Waals surface area contributed by atoms with E-state index >= 15 is 0 Å². The summed E-state index contributed by atoms with van der Waals surface area (Å²) >= 11 is 1.50. The summed E-state index contributed by atoms with van der Waals surface area (Å²) in [7, 11) is 0. The number of aromatic nitrogens is 2. The number of thioether (sulfide) groups is 1. The highest BCUT2D eigenvalue weighted by Crippen LogP contribution is 2.34. The van der Waals surface area contributed by atoms with Crippen LogP contribution in [0, 0.1) is 0 Å². The number of hydrogen-bond acceptors (Lipinski definition) is 4. The number of ether oxygens (including phenoxy) is 1. The second-order valence-electron chi connectivity index (χ2n) is 6.73. The van der Waals surface area contributed by atoms with Crippen LogP contribution in [-0.2, 0) is 21.5 Å². The van der Waals surface area contributed by atoms with Gasteiger partial charge in [-0.05, 0) is 24.8 Å². The molecule has 0 bridgehead atoms. The van der Waals surface area contributed by atoms with Gasteiger partial charge in [-0.25, -0.2) is 4.98 Å². The highest BCUT2D eigenvalue weighted by Gasteiger charge is 2.34. The number of nitrogens with zero attached hydrogens (tertiary/aromatic N) is 2. The van der Waals surface area contributed by atoms with Crippen molar-refractivity contribution in [2.24, 2.45) is 0 Å². The number of carbonyl (C=O) groups is 1. The molecule has 3 rings (SSSR count). The number of amides is 1. The smallest absolute Gasteiger partial charge is 0.230 e. The number of benzene rings is 1. The molecular formula is C20H27N3O2S. The first-order chi connectivity index (χ1) is 12.7. The van der Waals surface area contributed by atoms with E-state index in [1.807, 2.05) is 12.3 Å². The maximum absolute atomic E-state index is 12.4. The average Bonchev–Trinajstić information content (AvgIpc) is 3.14. The van der Waals surface area contributed by atoms with E-state index in [-0.39, 0.29) is 11.3 Å². The lowest BCUT2D eigenvalue weighted by Gasteiger charge is -2.38. The first-order valence-electron chi connectivity index (χ1n) is 9.27. The Labute approximate surface area is 159 Å². The van der Waals surface area contributed by atoms with Gasteiger partial charge in [-0.2, -0.15) is 0 Å². The number of aryl methyl sites for hydroxylation is 1. The molecule has 140 valence electrons. The van der Waals surface area contributed by atoms with E-state index in [0.717, 1.165) is 44.2 Å². The summed E-state index contributed by atoms with van der Waals surface area (Å²) in [5.41, 5.74) is 1.26. The summed E-state index contributed by atoms with van der Waals surface area (Å²) in [6.45, 7) is 5.21. The molecule has 26 heavy (non-hydrogen) atoms. The summed E-state index contributed by atoms with van der Waals surface area (Å²) in [4.78, 5) is 16.8. The molecule has 0 saturated carbocycles. The van der Waals surface area contributed by atoms with Crippen LogP contribution < -0.4 is 5.32 Å². The van der Waals surface area contributed by atoms with Crippen molar-refractivity contribution >= 4 is 17.7 Å². The van der Waals surface area contributed by atoms with Crippen molar-refractivity contribution in [3.63, 3.8) is 0 Å². The van der Waals surface area contributed by atoms with Crippen molar-refractivity contribution in [1.29, 1.82) is 0 Å². The minimum absolute atomic E-state index is 0.0273. The minimum Gasteiger partial charge on any atom is -0.381 e. The van der Waals surface area contributed by atoms with Crippen LogP contribution in [0.25, 0.3) is 0 Å². The number of imidazole rings is 1. The summed E-state index contributed by atoms with van der Waals surface area (Å²) in [6.07, 6.45) is 6.69. The first kappa shape index (κ1) is 19.0. The van der Waals surface area contributed by atoms with Gasteiger partial charge in [-0.1, -0.05) is 49.0 Å². The van der Waals surface area contributed by atoms with E-state index in [1.54, 1.807) is 6.20 Å². The number of carbonyl (C=O) groups excluding carboxylic acids is 1. The molecular weight excluding hydrogens is 346 g/mol. The second-order valence-corrected chi connectivity index (χ2v) is 7.67. The molecule has 2 heterocycles. The molecule has 0 aliphatic carbocycles. The van der Waals surface area contributed by atoms with Gasteiger partial charge in [-0.3, -0.25) is 4.79 Å². The Hall–Kier alpha value is -1.79. The van der Waals surface area contributed by atoms with E-state index in [1.165, 1.54) is 17.3 Å². The zero-order valence-electron chi connectivity index (χ0n) is 15.3. The van der Waals surface area contributed by atoms with Crippen LogP contribution in [0.1, 0.15) is 31.7 Å². The lowest BCUT2D eigenvalue weighted by atomic mass is 9.74. The monoisotopic (exact) mass is 373 g/mol. The van der Waals surface area contributed by atoms with Crippen molar-refractivity contribution in [2.75, 3.05) is 25.5 Å². The third kappa shape index (κ3) is 4.68. The van der Waals surface area contributed by atoms with Crippen LogP contribution in [-0.4, -0.2) is 41.0 Å². The van der Waals surface area contributed by atoms with E-state index in [4.69, 9.17) is 4.74 Å². The molecule has 1 saturated heterocycles. The molecule has 0 radical (unpaired) electrons. The molecule has 0 spiro atoms. The lowest BCUT2D eigenvalue weighted by molar-refractivity contribution is -0.119. The predicted molar refractivity (Wildman–Crippen MR) is 104 cm³/mol. The van der Waals surface area contributed by atoms with Gasteiger partial charge >= 0.3 is 0 Å². The topological polar surface area (TPSA) is 56.2 Å². The Balaban J connectivity index is 1.57. The van der Waals surface area contributed by atoms with Crippen molar-refractivity contribution in [3.8, 4) is 0 Å². The van der Waals surface area contributed by atoms with Crippen LogP contribution in [0.3, 0.4) is 0 Å². The number of rotatable bonds is 8. The second kappa shape index (κ2) is 9.24. The largest absolute Gasteiger partial charge is 0.381 e. The predicted octanol–water partition coefficient (Wildman–Crippen LogP) is 3.25. The first-order valence-corrected chi connectivity index (χ1v) is 10.3. The summed E-state index contributed by atoms with van der Waals surface area (Å²) in [6, 6.07) is 10.5. The van der Waals surface area contributed by atoms with Crippen LogP contribution in [0.5, 0.6) is 0 Å². The summed E-state index contributed by atoms with van der Waals surface area (Å²) in [5, 5.41) is 4.06. The summed E-state index contributed by atoms with van der Waals surface area (Å²) < 4.78 is 7.66. The fourth-order valence-electron chi connectivity index (χ4n) is 3.42. The zero-order valence-corrected chi connectivity index (χ0v) is 16.1. The average molecular weight is 374 g/mol. The van der Waals surface area contributed by atoms with Gasteiger partial charge in [0.15, 0.2) is 5.16 Å². The van der Waals surface area contributed by atoms with Gasteiger partial charge in [0, 0.05) is 44.1 Å². The highest BCUT2D eigenvalue weighted by molar-refractivity contribution is 7.99. The van der Waals surface area contributed by atoms with Crippen LogP contribution in [0.4, 0.5) is 0 Å². The van der Waals surface area contributed by atoms with Gasteiger partial charge in [-0.15, -0.1) is 0 Å². The molecule has 1 aliphatic rings. The van der Waals surface area contributed by atoms with Crippen molar-refractivity contribution in [1.82, 2.24) is 14.9 Å². The van der Waals surface area contributed by atoms with Crippen molar-refractivity contribution in [2.45, 2.75) is 43.3 Å². The van der Waals surface area contributed by atoms with E-state index < -0.39 is 0 Å². The molecule has 1 aromatic carbocycles. The third-order valence-electron chi connectivity index (χ3n) is 4.93. The van der Waals surface area contributed by atoms with E-state index in [0.29, 0.717) is 12.3 Å². The Kier molecular flexibility index (Phi) is 6.74. The van der Waals surface area contributed by atoms with Gasteiger partial charge in [0.2, 0.25) is 5.91 Å². The maximum atomic E-state index is 12.4. The lowest BCUT2D eigenvalue weighted by Crippen LogP contribution is -2.45. The van der Waals surface area contributed by atoms with Crippen molar-refractivity contribution in [3.05, 3.63) is 48.3 Å². The Bertz CT molecular complexity index is 696. The standard InChI is InChI=1S/C20H27N3O2S/c1-2-11-23-12-10-21-19(23)26-15-18(24)22-16-20(8-13-25-14-9-20)17-6-4-3-5-7-17/h3-7,10,12H,2,8-9,11,13-16H2,1H3,(H,22,24). The molecule has 1 amide bonds. The van der Waals surface area contributed by atoms with Crippen molar-refractivity contribution < 1.29 is 9.53 Å². The number of nitrogens with one attached hydrogen (secondary N) is 1. The molecule has 1 N–H and O–H groups in total. The fourth-order valence-corrected chi connectivity index (χ4v) is 4.23. The minimum atomic E-state index is -0.0273. The normalized spacial score (nSPS) is 16.3. The molecule has 5 nitrogen and oxygen atoms in total. The molecule has 1 aromatic heterocycles.